The van der Waals surface area contributed by atoms with Gasteiger partial charge in [0, 0.05) is 11.8 Å². The van der Waals surface area contributed by atoms with Crippen molar-refractivity contribution in [2.75, 3.05) is 13.1 Å². The average Bonchev–Trinajstić information content (AvgIpc) is 2.94. The van der Waals surface area contributed by atoms with Crippen LogP contribution in [0.4, 0.5) is 4.39 Å². The van der Waals surface area contributed by atoms with Crippen molar-refractivity contribution in [3.63, 3.8) is 0 Å². The Kier molecular flexibility index (Phi) is 3.52. The number of carbonyl (C=O) groups excluding carboxylic acids is 1. The number of likely N-dealkylation sites (tertiary alicyclic amines) is 1. The summed E-state index contributed by atoms with van der Waals surface area (Å²) in [6.45, 7) is 2.52. The van der Waals surface area contributed by atoms with Gasteiger partial charge in [0.1, 0.15) is 18.2 Å². The number of aryl methyl sites for hydroxylation is 1. The summed E-state index contributed by atoms with van der Waals surface area (Å²) in [6.07, 6.45) is 2.57. The topological polar surface area (TPSA) is 51.0 Å². The number of benzene rings is 1. The summed E-state index contributed by atoms with van der Waals surface area (Å²) >= 11 is 0. The van der Waals surface area contributed by atoms with E-state index in [-0.39, 0.29) is 25.5 Å². The molecule has 1 aliphatic heterocycles. The van der Waals surface area contributed by atoms with Gasteiger partial charge in [0.05, 0.1) is 24.8 Å². The van der Waals surface area contributed by atoms with Crippen molar-refractivity contribution in [2.45, 2.75) is 19.6 Å². The first-order chi connectivity index (χ1) is 11.6. The molecule has 122 valence electrons. The Labute approximate surface area is 138 Å². The maximum atomic E-state index is 12.9. The van der Waals surface area contributed by atoms with Crippen LogP contribution in [0.1, 0.15) is 5.56 Å². The summed E-state index contributed by atoms with van der Waals surface area (Å²) in [7, 11) is 0. The van der Waals surface area contributed by atoms with Crippen molar-refractivity contribution < 1.29 is 9.18 Å². The molecule has 3 aromatic rings. The van der Waals surface area contributed by atoms with Crippen LogP contribution in [0.15, 0.2) is 42.7 Å². The van der Waals surface area contributed by atoms with E-state index in [0.717, 1.165) is 22.2 Å². The van der Waals surface area contributed by atoms with Gasteiger partial charge in [-0.25, -0.2) is 4.39 Å². The molecule has 0 bridgehead atoms. The zero-order valence-electron chi connectivity index (χ0n) is 13.3. The zero-order chi connectivity index (χ0) is 16.7. The van der Waals surface area contributed by atoms with E-state index in [1.165, 1.54) is 10.5 Å². The minimum Gasteiger partial charge on any atom is -0.335 e. The minimum absolute atomic E-state index is 0.106. The third-order valence-electron chi connectivity index (χ3n) is 4.32. The summed E-state index contributed by atoms with van der Waals surface area (Å²) in [6, 6.07) is 10.2. The lowest BCUT2D eigenvalue weighted by molar-refractivity contribution is -0.139. The molecule has 2 aromatic heterocycles. The number of aromatic nitrogens is 3. The predicted molar refractivity (Wildman–Crippen MR) is 89.2 cm³/mol. The smallest absolute Gasteiger partial charge is 0.244 e. The van der Waals surface area contributed by atoms with Gasteiger partial charge in [0.25, 0.3) is 0 Å². The molecule has 0 unspecified atom stereocenters. The number of hydrogen-bond acceptors (Lipinski definition) is 3. The van der Waals surface area contributed by atoms with Gasteiger partial charge >= 0.3 is 0 Å². The lowest BCUT2D eigenvalue weighted by atomic mass is 10.1. The maximum absolute atomic E-state index is 12.9. The quantitative estimate of drug-likeness (QED) is 0.744. The van der Waals surface area contributed by atoms with Crippen molar-refractivity contribution in [2.24, 2.45) is 0 Å². The van der Waals surface area contributed by atoms with E-state index in [0.29, 0.717) is 0 Å². The number of hydrogen-bond donors (Lipinski definition) is 0. The molecule has 1 saturated heterocycles. The Bertz CT molecular complexity index is 914. The number of pyridine rings is 1. The molecule has 0 aliphatic carbocycles. The van der Waals surface area contributed by atoms with Gasteiger partial charge in [-0.2, -0.15) is 5.10 Å². The summed E-state index contributed by atoms with van der Waals surface area (Å²) < 4.78 is 14.5. The van der Waals surface area contributed by atoms with Crippen LogP contribution in [0.5, 0.6) is 0 Å². The van der Waals surface area contributed by atoms with Crippen LogP contribution in [0, 0.1) is 6.92 Å². The first kappa shape index (κ1) is 14.8. The monoisotopic (exact) mass is 324 g/mol. The first-order valence-corrected chi connectivity index (χ1v) is 7.90. The number of carbonyl (C=O) groups is 1. The van der Waals surface area contributed by atoms with Gasteiger partial charge in [-0.3, -0.25) is 14.5 Å². The predicted octanol–water partition coefficient (Wildman–Crippen LogP) is 2.59. The van der Waals surface area contributed by atoms with Gasteiger partial charge < -0.3 is 4.90 Å². The molecule has 1 aromatic carbocycles. The SMILES string of the molecule is Cc1cccc(-c2cnc3cnn(CC(=O)N4CC(F)C4)c3c2)c1. The lowest BCUT2D eigenvalue weighted by Crippen LogP contribution is -2.52. The molecule has 0 saturated carbocycles. The number of alkyl halides is 1. The lowest BCUT2D eigenvalue weighted by Gasteiger charge is -2.34. The molecule has 1 fully saturated rings. The van der Waals surface area contributed by atoms with Crippen molar-refractivity contribution in [1.29, 1.82) is 0 Å². The van der Waals surface area contributed by atoms with E-state index in [4.69, 9.17) is 0 Å². The number of amides is 1. The molecule has 24 heavy (non-hydrogen) atoms. The molecule has 4 rings (SSSR count). The van der Waals surface area contributed by atoms with Gasteiger partial charge in [0.15, 0.2) is 0 Å². The summed E-state index contributed by atoms with van der Waals surface area (Å²) in [4.78, 5) is 18.1. The maximum Gasteiger partial charge on any atom is 0.244 e. The Morgan fingerprint density at radius 1 is 1.25 bits per heavy atom. The largest absolute Gasteiger partial charge is 0.335 e. The van der Waals surface area contributed by atoms with E-state index in [1.807, 2.05) is 37.4 Å². The molecule has 0 N–H and O–H groups in total. The summed E-state index contributed by atoms with van der Waals surface area (Å²) in [5.41, 5.74) is 4.78. The Morgan fingerprint density at radius 2 is 2.08 bits per heavy atom. The third-order valence-corrected chi connectivity index (χ3v) is 4.32. The highest BCUT2D eigenvalue weighted by atomic mass is 19.1. The number of nitrogens with zero attached hydrogens (tertiary/aromatic N) is 4. The fourth-order valence-corrected chi connectivity index (χ4v) is 2.92. The highest BCUT2D eigenvalue weighted by molar-refractivity contribution is 5.83. The second-order valence-electron chi connectivity index (χ2n) is 6.20. The van der Waals surface area contributed by atoms with Crippen molar-refractivity contribution in [1.82, 2.24) is 19.7 Å². The van der Waals surface area contributed by atoms with E-state index in [1.54, 1.807) is 10.9 Å². The van der Waals surface area contributed by atoms with Crippen molar-refractivity contribution in [3.05, 3.63) is 48.3 Å². The number of fused-ring (bicyclic) bond motifs is 1. The molecule has 6 heteroatoms. The van der Waals surface area contributed by atoms with E-state index in [2.05, 4.69) is 16.1 Å². The highest BCUT2D eigenvalue weighted by Gasteiger charge is 2.30. The molecule has 3 heterocycles. The first-order valence-electron chi connectivity index (χ1n) is 7.90. The van der Waals surface area contributed by atoms with Gasteiger partial charge in [-0.05, 0) is 18.6 Å². The number of halogens is 1. The normalized spacial score (nSPS) is 14.8. The van der Waals surface area contributed by atoms with Crippen LogP contribution in [0.3, 0.4) is 0 Å². The second-order valence-corrected chi connectivity index (χ2v) is 6.20. The van der Waals surface area contributed by atoms with Crippen molar-refractivity contribution >= 4 is 16.9 Å². The van der Waals surface area contributed by atoms with E-state index in [9.17, 15) is 9.18 Å². The molecule has 0 radical (unpaired) electrons. The Balaban J connectivity index is 1.65. The summed E-state index contributed by atoms with van der Waals surface area (Å²) in [5, 5.41) is 4.26. The fraction of sp³-hybridized carbons (Fsp3) is 0.278. The van der Waals surface area contributed by atoms with Crippen LogP contribution >= 0.6 is 0 Å². The van der Waals surface area contributed by atoms with E-state index >= 15 is 0 Å². The van der Waals surface area contributed by atoms with Crippen LogP contribution in [-0.4, -0.2) is 44.8 Å². The molecule has 0 spiro atoms. The standard InChI is InChI=1S/C18H17FN4O/c1-12-3-2-4-13(5-12)14-6-17-16(20-7-14)8-21-23(17)11-18(24)22-9-15(19)10-22/h2-8,15H,9-11H2,1H3. The van der Waals surface area contributed by atoms with Gasteiger partial charge in [-0.1, -0.05) is 29.8 Å². The van der Waals surface area contributed by atoms with Crippen LogP contribution in [-0.2, 0) is 11.3 Å². The van der Waals surface area contributed by atoms with Gasteiger partial charge in [-0.15, -0.1) is 0 Å². The summed E-state index contributed by atoms with van der Waals surface area (Å²) in [5.74, 6) is -0.116. The number of rotatable bonds is 3. The van der Waals surface area contributed by atoms with Crippen molar-refractivity contribution in [3.8, 4) is 11.1 Å². The fourth-order valence-electron chi connectivity index (χ4n) is 2.92. The average molecular weight is 324 g/mol. The molecule has 0 atom stereocenters. The molecule has 5 nitrogen and oxygen atoms in total. The molecule has 1 amide bonds. The second kappa shape index (κ2) is 5.70. The van der Waals surface area contributed by atoms with Crippen LogP contribution in [0.25, 0.3) is 22.2 Å². The molecular formula is C18H17FN4O. The van der Waals surface area contributed by atoms with E-state index < -0.39 is 6.17 Å². The molecule has 1 aliphatic rings. The molecular weight excluding hydrogens is 307 g/mol. The zero-order valence-corrected chi connectivity index (χ0v) is 13.3. The van der Waals surface area contributed by atoms with Crippen LogP contribution in [0.2, 0.25) is 0 Å². The van der Waals surface area contributed by atoms with Gasteiger partial charge in [0.2, 0.25) is 5.91 Å². The Hall–Kier alpha value is -2.76. The highest BCUT2D eigenvalue weighted by Crippen LogP contribution is 2.23. The van der Waals surface area contributed by atoms with Crippen LogP contribution < -0.4 is 0 Å². The minimum atomic E-state index is -0.891. The third kappa shape index (κ3) is 2.64. The Morgan fingerprint density at radius 3 is 2.83 bits per heavy atom.